The number of rotatable bonds is 3. The van der Waals surface area contributed by atoms with Crippen LogP contribution < -0.4 is 5.73 Å². The summed E-state index contributed by atoms with van der Waals surface area (Å²) in [6.07, 6.45) is 3.93. The summed E-state index contributed by atoms with van der Waals surface area (Å²) in [6.45, 7) is 1.56. The third-order valence-corrected chi connectivity index (χ3v) is 1.94. The highest BCUT2D eigenvalue weighted by molar-refractivity contribution is 5.84. The molecule has 59 valence electrons. The molecule has 1 amide bonds. The van der Waals surface area contributed by atoms with Crippen molar-refractivity contribution in [3.8, 4) is 6.07 Å². The molecule has 1 aliphatic carbocycles. The van der Waals surface area contributed by atoms with Gasteiger partial charge in [-0.15, -0.1) is 0 Å². The first kappa shape index (κ1) is 8.06. The fourth-order valence-corrected chi connectivity index (χ4v) is 0.909. The van der Waals surface area contributed by atoms with Crippen molar-refractivity contribution < 1.29 is 4.79 Å². The number of nitriles is 1. The second kappa shape index (κ2) is 2.54. The van der Waals surface area contributed by atoms with E-state index >= 15 is 0 Å². The number of carbonyl (C=O) groups excluding carboxylic acids is 1. The SMILES string of the molecule is CC(C#N)([CH]C1CC1)C(N)=O. The van der Waals surface area contributed by atoms with Gasteiger partial charge in [0.1, 0.15) is 5.41 Å². The highest BCUT2D eigenvalue weighted by atomic mass is 16.1. The monoisotopic (exact) mass is 151 g/mol. The Morgan fingerprint density at radius 2 is 2.36 bits per heavy atom. The van der Waals surface area contributed by atoms with Crippen molar-refractivity contribution in [2.24, 2.45) is 17.1 Å². The predicted octanol–water partition coefficient (Wildman–Crippen LogP) is 0.616. The van der Waals surface area contributed by atoms with Crippen LogP contribution in [0.1, 0.15) is 19.8 Å². The van der Waals surface area contributed by atoms with E-state index in [0.29, 0.717) is 5.92 Å². The van der Waals surface area contributed by atoms with E-state index in [1.54, 1.807) is 13.3 Å². The molecule has 0 aromatic rings. The van der Waals surface area contributed by atoms with E-state index in [0.717, 1.165) is 12.8 Å². The zero-order chi connectivity index (χ0) is 8.48. The molecule has 0 aromatic heterocycles. The predicted molar refractivity (Wildman–Crippen MR) is 39.9 cm³/mol. The Bertz CT molecular complexity index is 215. The van der Waals surface area contributed by atoms with Crippen molar-refractivity contribution >= 4 is 5.91 Å². The number of amides is 1. The fourth-order valence-electron chi connectivity index (χ4n) is 0.909. The first-order valence-electron chi connectivity index (χ1n) is 3.65. The summed E-state index contributed by atoms with van der Waals surface area (Å²) in [5.41, 5.74) is 4.01. The van der Waals surface area contributed by atoms with E-state index in [1.807, 2.05) is 6.07 Å². The zero-order valence-corrected chi connectivity index (χ0v) is 6.50. The largest absolute Gasteiger partial charge is 0.368 e. The van der Waals surface area contributed by atoms with Gasteiger partial charge in [-0.25, -0.2) is 0 Å². The molecule has 1 radical (unpaired) electrons. The Morgan fingerprint density at radius 3 is 2.64 bits per heavy atom. The second-order valence-electron chi connectivity index (χ2n) is 3.18. The molecule has 1 atom stereocenters. The lowest BCUT2D eigenvalue weighted by Gasteiger charge is -2.15. The molecule has 0 aliphatic heterocycles. The van der Waals surface area contributed by atoms with Crippen molar-refractivity contribution in [2.45, 2.75) is 19.8 Å². The minimum atomic E-state index is -1.05. The molecule has 3 heteroatoms. The van der Waals surface area contributed by atoms with Gasteiger partial charge in [-0.1, -0.05) is 0 Å². The van der Waals surface area contributed by atoms with Crippen LogP contribution in [0, 0.1) is 29.1 Å². The molecule has 3 nitrogen and oxygen atoms in total. The number of nitrogens with two attached hydrogens (primary N) is 1. The van der Waals surface area contributed by atoms with Gasteiger partial charge in [0.2, 0.25) is 5.91 Å². The number of hydrogen-bond donors (Lipinski definition) is 1. The van der Waals surface area contributed by atoms with E-state index in [4.69, 9.17) is 11.0 Å². The average Bonchev–Trinajstić information content (AvgIpc) is 2.71. The molecule has 1 aliphatic rings. The Kier molecular flexibility index (Phi) is 1.86. The van der Waals surface area contributed by atoms with Crippen molar-refractivity contribution in [3.63, 3.8) is 0 Å². The summed E-state index contributed by atoms with van der Waals surface area (Å²) in [7, 11) is 0. The standard InChI is InChI=1S/C8H11N2O/c1-8(5-9,7(10)11)4-6-2-3-6/h4,6H,2-3H2,1H3,(H2,10,11). The minimum Gasteiger partial charge on any atom is -0.368 e. The second-order valence-corrected chi connectivity index (χ2v) is 3.18. The maximum Gasteiger partial charge on any atom is 0.237 e. The van der Waals surface area contributed by atoms with Crippen molar-refractivity contribution in [1.82, 2.24) is 0 Å². The first-order valence-corrected chi connectivity index (χ1v) is 3.65. The van der Waals surface area contributed by atoms with Gasteiger partial charge < -0.3 is 5.73 Å². The number of nitrogens with zero attached hydrogens (tertiary/aromatic N) is 1. The molecular weight excluding hydrogens is 140 g/mol. The molecule has 0 saturated heterocycles. The van der Waals surface area contributed by atoms with Crippen LogP contribution in [0.15, 0.2) is 0 Å². The van der Waals surface area contributed by atoms with E-state index in [2.05, 4.69) is 0 Å². The van der Waals surface area contributed by atoms with Gasteiger partial charge >= 0.3 is 0 Å². The third-order valence-electron chi connectivity index (χ3n) is 1.94. The van der Waals surface area contributed by atoms with Crippen LogP contribution in [0.4, 0.5) is 0 Å². The van der Waals surface area contributed by atoms with Gasteiger partial charge in [0, 0.05) is 0 Å². The highest BCUT2D eigenvalue weighted by Gasteiger charge is 2.38. The summed E-state index contributed by atoms with van der Waals surface area (Å²) in [5.74, 6) is -0.112. The van der Waals surface area contributed by atoms with Crippen LogP contribution in [0.5, 0.6) is 0 Å². The highest BCUT2D eigenvalue weighted by Crippen LogP contribution is 2.38. The van der Waals surface area contributed by atoms with E-state index in [9.17, 15) is 4.79 Å². The van der Waals surface area contributed by atoms with Crippen molar-refractivity contribution in [1.29, 1.82) is 5.26 Å². The van der Waals surface area contributed by atoms with Crippen LogP contribution in [0.25, 0.3) is 0 Å². The number of carbonyl (C=O) groups is 1. The summed E-state index contributed by atoms with van der Waals surface area (Å²) < 4.78 is 0. The fraction of sp³-hybridized carbons (Fsp3) is 0.625. The maximum atomic E-state index is 10.8. The van der Waals surface area contributed by atoms with Gasteiger partial charge in [0.15, 0.2) is 0 Å². The van der Waals surface area contributed by atoms with Crippen LogP contribution in [0.3, 0.4) is 0 Å². The molecule has 0 aromatic carbocycles. The van der Waals surface area contributed by atoms with Crippen LogP contribution in [0.2, 0.25) is 0 Å². The molecule has 1 unspecified atom stereocenters. The lowest BCUT2D eigenvalue weighted by Crippen LogP contribution is -2.33. The topological polar surface area (TPSA) is 66.9 Å². The van der Waals surface area contributed by atoms with Gasteiger partial charge in [-0.2, -0.15) is 5.26 Å². The lowest BCUT2D eigenvalue weighted by atomic mass is 9.86. The maximum absolute atomic E-state index is 10.8. The summed E-state index contributed by atoms with van der Waals surface area (Å²) in [6, 6.07) is 1.92. The van der Waals surface area contributed by atoms with Crippen molar-refractivity contribution in [3.05, 3.63) is 6.42 Å². The molecule has 0 spiro atoms. The van der Waals surface area contributed by atoms with Crippen LogP contribution >= 0.6 is 0 Å². The van der Waals surface area contributed by atoms with Gasteiger partial charge in [0.25, 0.3) is 0 Å². The number of hydrogen-bond acceptors (Lipinski definition) is 2. The quantitative estimate of drug-likeness (QED) is 0.642. The summed E-state index contributed by atoms with van der Waals surface area (Å²) in [5, 5.41) is 8.65. The average molecular weight is 151 g/mol. The van der Waals surface area contributed by atoms with Crippen LogP contribution in [-0.4, -0.2) is 5.91 Å². The Hall–Kier alpha value is -1.04. The van der Waals surface area contributed by atoms with Gasteiger partial charge in [-0.05, 0) is 32.1 Å². The molecule has 2 N–H and O–H groups in total. The normalized spacial score (nSPS) is 21.8. The molecule has 0 bridgehead atoms. The third kappa shape index (κ3) is 1.70. The number of primary amides is 1. The molecule has 11 heavy (non-hydrogen) atoms. The lowest BCUT2D eigenvalue weighted by molar-refractivity contribution is -0.123. The summed E-state index contributed by atoms with van der Waals surface area (Å²) >= 11 is 0. The van der Waals surface area contributed by atoms with Gasteiger partial charge in [0.05, 0.1) is 6.07 Å². The Labute approximate surface area is 66.2 Å². The smallest absolute Gasteiger partial charge is 0.237 e. The van der Waals surface area contributed by atoms with E-state index in [1.165, 1.54) is 0 Å². The molecule has 1 rings (SSSR count). The van der Waals surface area contributed by atoms with Crippen molar-refractivity contribution in [2.75, 3.05) is 0 Å². The Balaban J connectivity index is 2.59. The summed E-state index contributed by atoms with van der Waals surface area (Å²) in [4.78, 5) is 10.8. The van der Waals surface area contributed by atoms with E-state index < -0.39 is 11.3 Å². The minimum absolute atomic E-state index is 0.437. The first-order chi connectivity index (χ1) is 5.08. The molecule has 1 saturated carbocycles. The zero-order valence-electron chi connectivity index (χ0n) is 6.50. The molecular formula is C8H11N2O. The molecule has 1 fully saturated rings. The van der Waals surface area contributed by atoms with E-state index in [-0.39, 0.29) is 0 Å². The van der Waals surface area contributed by atoms with Crippen LogP contribution in [-0.2, 0) is 4.79 Å². The Morgan fingerprint density at radius 1 is 1.82 bits per heavy atom. The van der Waals surface area contributed by atoms with Gasteiger partial charge in [-0.3, -0.25) is 4.79 Å². The molecule has 0 heterocycles.